The summed E-state index contributed by atoms with van der Waals surface area (Å²) in [6, 6.07) is 69.0. The summed E-state index contributed by atoms with van der Waals surface area (Å²) in [5.74, 6) is 0. The lowest BCUT2D eigenvalue weighted by Crippen LogP contribution is -2.29. The van der Waals surface area contributed by atoms with Gasteiger partial charge in [-0.2, -0.15) is 0 Å². The molecule has 0 saturated carbocycles. The van der Waals surface area contributed by atoms with Gasteiger partial charge in [-0.15, -0.1) is 0 Å². The maximum Gasteiger partial charge on any atom is 0.135 e. The van der Waals surface area contributed by atoms with Crippen LogP contribution in [0.1, 0.15) is 35.1 Å². The number of fused-ring (bicyclic) bond motifs is 12. The van der Waals surface area contributed by atoms with E-state index in [0.717, 1.165) is 46.2 Å². The molecule has 0 fully saturated rings. The van der Waals surface area contributed by atoms with Crippen LogP contribution in [0.25, 0.3) is 60.9 Å². The second kappa shape index (κ2) is 12.4. The van der Waals surface area contributed by atoms with Gasteiger partial charge in [0.05, 0.1) is 11.1 Å². The van der Waals surface area contributed by atoms with E-state index in [9.17, 15) is 0 Å². The summed E-state index contributed by atoms with van der Waals surface area (Å²) in [4.78, 5) is 2.50. The molecule has 12 rings (SSSR count). The van der Waals surface area contributed by atoms with Crippen molar-refractivity contribution in [3.05, 3.63) is 228 Å². The molecule has 3 aliphatic carbocycles. The number of nitrogens with zero attached hydrogens (tertiary/aromatic N) is 1. The van der Waals surface area contributed by atoms with Crippen molar-refractivity contribution < 1.29 is 4.42 Å². The van der Waals surface area contributed by atoms with Gasteiger partial charge in [0.15, 0.2) is 0 Å². The van der Waals surface area contributed by atoms with Crippen LogP contribution in [-0.2, 0) is 5.41 Å². The molecule has 0 aliphatic heterocycles. The summed E-state index contributed by atoms with van der Waals surface area (Å²) >= 11 is 0. The Hall–Kier alpha value is -7.16. The second-order valence-corrected chi connectivity index (χ2v) is 15.5. The van der Waals surface area contributed by atoms with Crippen LogP contribution in [0.2, 0.25) is 0 Å². The third-order valence-corrected chi connectivity index (χ3v) is 12.6. The molecule has 268 valence electrons. The van der Waals surface area contributed by atoms with Crippen molar-refractivity contribution in [1.82, 2.24) is 0 Å². The van der Waals surface area contributed by atoms with Gasteiger partial charge in [0.2, 0.25) is 0 Å². The van der Waals surface area contributed by atoms with E-state index in [1.165, 1.54) is 72.5 Å². The zero-order valence-corrected chi connectivity index (χ0v) is 31.3. The number of furan rings is 1. The lowest BCUT2D eigenvalue weighted by atomic mass is 9.68. The largest absolute Gasteiger partial charge is 0.456 e. The van der Waals surface area contributed by atoms with Gasteiger partial charge in [-0.1, -0.05) is 152 Å². The Bertz CT molecular complexity index is 3110. The molecular weight excluding hydrogens is 691 g/mol. The minimum Gasteiger partial charge on any atom is -0.456 e. The highest BCUT2D eigenvalue weighted by Gasteiger charge is 2.54. The van der Waals surface area contributed by atoms with Crippen LogP contribution in [-0.4, -0.2) is 0 Å². The molecule has 0 N–H and O–H groups in total. The van der Waals surface area contributed by atoms with Crippen LogP contribution in [0.4, 0.5) is 17.1 Å². The number of allylic oxidation sites excluding steroid dienone is 4. The molecule has 0 saturated heterocycles. The maximum absolute atomic E-state index is 6.37. The Kier molecular flexibility index (Phi) is 7.00. The quantitative estimate of drug-likeness (QED) is 0.175. The van der Waals surface area contributed by atoms with Gasteiger partial charge in [-0.05, 0) is 123 Å². The van der Waals surface area contributed by atoms with Crippen molar-refractivity contribution >= 4 is 44.6 Å². The number of hydrogen-bond acceptors (Lipinski definition) is 2. The molecule has 57 heavy (non-hydrogen) atoms. The molecule has 2 nitrogen and oxygen atoms in total. The summed E-state index contributed by atoms with van der Waals surface area (Å²) in [5.41, 5.74) is 20.4. The standard InChI is InChI=1S/C55H37NO/c1-3-14-36(15-4-1)38-26-29-40(30-27-38)56(41-31-33-53-47(35-41)45-20-9-12-25-52(45)57-53)51-24-13-21-46-43-19-8-11-23-49(43)55(54(46)51)48-22-10-7-18-42(48)44-32-28-39(34-50(44)55)37-16-5-2-6-17-37/h1-7,9-18,20-35H,8,19H2. The van der Waals surface area contributed by atoms with E-state index >= 15 is 0 Å². The van der Waals surface area contributed by atoms with E-state index in [0.29, 0.717) is 0 Å². The van der Waals surface area contributed by atoms with Crippen LogP contribution in [0, 0.1) is 0 Å². The lowest BCUT2D eigenvalue weighted by Gasteiger charge is -2.37. The van der Waals surface area contributed by atoms with Crippen molar-refractivity contribution in [1.29, 1.82) is 0 Å². The number of para-hydroxylation sites is 1. The van der Waals surface area contributed by atoms with Crippen molar-refractivity contribution in [2.45, 2.75) is 18.3 Å². The fraction of sp³-hybridized carbons (Fsp3) is 0.0545. The number of benzene rings is 8. The third kappa shape index (κ3) is 4.65. The van der Waals surface area contributed by atoms with Crippen molar-refractivity contribution in [3.63, 3.8) is 0 Å². The first-order chi connectivity index (χ1) is 28.3. The predicted molar refractivity (Wildman–Crippen MR) is 236 cm³/mol. The maximum atomic E-state index is 6.37. The second-order valence-electron chi connectivity index (χ2n) is 15.5. The molecule has 1 atom stereocenters. The highest BCUT2D eigenvalue weighted by molar-refractivity contribution is 6.07. The molecule has 1 aromatic heterocycles. The van der Waals surface area contributed by atoms with E-state index < -0.39 is 5.41 Å². The van der Waals surface area contributed by atoms with Crippen LogP contribution in [0.3, 0.4) is 0 Å². The average Bonchev–Trinajstić information content (AvgIpc) is 3.91. The Balaban J connectivity index is 1.16. The number of hydrogen-bond donors (Lipinski definition) is 0. The summed E-state index contributed by atoms with van der Waals surface area (Å²) in [5, 5.41) is 2.23. The van der Waals surface area contributed by atoms with Crippen LogP contribution in [0.15, 0.2) is 210 Å². The van der Waals surface area contributed by atoms with Gasteiger partial charge in [-0.3, -0.25) is 0 Å². The van der Waals surface area contributed by atoms with Gasteiger partial charge in [0.1, 0.15) is 11.2 Å². The molecule has 9 aromatic rings. The van der Waals surface area contributed by atoms with Gasteiger partial charge >= 0.3 is 0 Å². The van der Waals surface area contributed by atoms with Gasteiger partial charge < -0.3 is 9.32 Å². The third-order valence-electron chi connectivity index (χ3n) is 12.6. The zero-order chi connectivity index (χ0) is 37.5. The molecule has 8 aromatic carbocycles. The normalized spacial score (nSPS) is 16.2. The van der Waals surface area contributed by atoms with E-state index in [1.807, 2.05) is 6.07 Å². The summed E-state index contributed by atoms with van der Waals surface area (Å²) in [6.45, 7) is 0. The Morgan fingerprint density at radius 2 is 1.11 bits per heavy atom. The number of anilines is 3. The summed E-state index contributed by atoms with van der Waals surface area (Å²) in [7, 11) is 0. The molecule has 3 aliphatic rings. The first kappa shape index (κ1) is 32.1. The highest BCUT2D eigenvalue weighted by atomic mass is 16.3. The van der Waals surface area contributed by atoms with Crippen LogP contribution in [0.5, 0.6) is 0 Å². The molecule has 1 spiro atoms. The van der Waals surface area contributed by atoms with Gasteiger partial charge in [0, 0.05) is 27.7 Å². The Morgan fingerprint density at radius 1 is 0.456 bits per heavy atom. The molecule has 0 radical (unpaired) electrons. The first-order valence-corrected chi connectivity index (χ1v) is 20.0. The highest BCUT2D eigenvalue weighted by Crippen LogP contribution is 2.66. The van der Waals surface area contributed by atoms with E-state index in [-0.39, 0.29) is 0 Å². The van der Waals surface area contributed by atoms with Crippen molar-refractivity contribution in [3.8, 4) is 33.4 Å². The summed E-state index contributed by atoms with van der Waals surface area (Å²) in [6.07, 6.45) is 6.89. The molecular formula is C55H37NO. The fourth-order valence-electron chi connectivity index (χ4n) is 10.2. The minimum absolute atomic E-state index is 0.510. The SMILES string of the molecule is C1=CC2=C(CC1)c1cccc(N(c3ccc(-c4ccccc4)cc3)c3ccc4oc5ccccc5c4c3)c1C21c2ccccc2-c2ccc(-c3ccccc3)cc21. The van der Waals surface area contributed by atoms with Gasteiger partial charge in [-0.25, -0.2) is 0 Å². The van der Waals surface area contributed by atoms with E-state index in [4.69, 9.17) is 4.42 Å². The first-order valence-electron chi connectivity index (χ1n) is 20.0. The van der Waals surface area contributed by atoms with Crippen molar-refractivity contribution in [2.75, 3.05) is 4.90 Å². The Labute approximate surface area is 332 Å². The summed E-state index contributed by atoms with van der Waals surface area (Å²) < 4.78 is 6.37. The molecule has 1 heterocycles. The molecule has 0 bridgehead atoms. The van der Waals surface area contributed by atoms with E-state index in [1.54, 1.807) is 0 Å². The average molecular weight is 728 g/mol. The monoisotopic (exact) mass is 727 g/mol. The van der Waals surface area contributed by atoms with Crippen LogP contribution >= 0.6 is 0 Å². The number of rotatable bonds is 5. The van der Waals surface area contributed by atoms with Gasteiger partial charge in [0.25, 0.3) is 0 Å². The molecule has 1 unspecified atom stereocenters. The smallest absolute Gasteiger partial charge is 0.135 e. The lowest BCUT2D eigenvalue weighted by molar-refractivity contribution is 0.669. The fourth-order valence-corrected chi connectivity index (χ4v) is 10.2. The molecule has 2 heteroatoms. The van der Waals surface area contributed by atoms with Crippen LogP contribution < -0.4 is 4.90 Å². The Morgan fingerprint density at radius 3 is 1.95 bits per heavy atom. The van der Waals surface area contributed by atoms with E-state index in [2.05, 4.69) is 199 Å². The minimum atomic E-state index is -0.510. The van der Waals surface area contributed by atoms with Crippen molar-refractivity contribution in [2.24, 2.45) is 0 Å². The topological polar surface area (TPSA) is 16.4 Å². The zero-order valence-electron chi connectivity index (χ0n) is 31.3. The predicted octanol–water partition coefficient (Wildman–Crippen LogP) is 14.8. The molecule has 0 amide bonds.